The fourth-order valence-corrected chi connectivity index (χ4v) is 8.65. The van der Waals surface area contributed by atoms with Gasteiger partial charge in [0, 0.05) is 43.0 Å². The highest BCUT2D eigenvalue weighted by molar-refractivity contribution is 7.17. The third-order valence-corrected chi connectivity index (χ3v) is 11.7. The monoisotopic (exact) mass is 768 g/mol. The van der Waals surface area contributed by atoms with E-state index in [1.165, 1.54) is 58.8 Å². The number of nitrogens with one attached hydrogen (secondary N) is 1. The van der Waals surface area contributed by atoms with Crippen molar-refractivity contribution in [1.29, 1.82) is 0 Å². The Bertz CT molecular complexity index is 2690. The highest BCUT2D eigenvalue weighted by atomic mass is 32.1. The first-order chi connectivity index (χ1) is 26.9. The summed E-state index contributed by atoms with van der Waals surface area (Å²) in [6.45, 7) is 4.23. The first kappa shape index (κ1) is 36.0. The molecule has 4 aromatic rings. The maximum atomic E-state index is 12.9. The number of unbranched alkanes of at least 4 members (excludes halogenated alkanes) is 1. The van der Waals surface area contributed by atoms with Gasteiger partial charge < -0.3 is 15.3 Å². The summed E-state index contributed by atoms with van der Waals surface area (Å²) in [4.78, 5) is 51.4. The Morgan fingerprint density at radius 1 is 0.655 bits per heavy atom. The molecular formula is C42H36N6O5S2. The van der Waals surface area contributed by atoms with Crippen LogP contribution in [-0.2, 0) is 0 Å². The second kappa shape index (κ2) is 15.8. The second-order valence-electron chi connectivity index (χ2n) is 13.3. The summed E-state index contributed by atoms with van der Waals surface area (Å²) >= 11 is 3.05. The SMILES string of the molecule is O=C(NCCCCN1CCCC1)c1ccc(-n2nc3c4ccccc4scc-3c2=O)cc1.O=C(O)c1ccc(-n2nc3c4ccccc4scc-3c2=O)cc1. The predicted molar refractivity (Wildman–Crippen MR) is 218 cm³/mol. The van der Waals surface area contributed by atoms with E-state index in [0.29, 0.717) is 46.0 Å². The van der Waals surface area contributed by atoms with E-state index in [2.05, 4.69) is 20.4 Å². The van der Waals surface area contributed by atoms with Crippen LogP contribution in [0.1, 0.15) is 46.4 Å². The van der Waals surface area contributed by atoms with E-state index < -0.39 is 5.97 Å². The molecule has 0 spiro atoms. The largest absolute Gasteiger partial charge is 0.478 e. The summed E-state index contributed by atoms with van der Waals surface area (Å²) in [6.07, 6.45) is 4.71. The molecule has 13 heteroatoms. The number of fused-ring (bicyclic) bond motifs is 6. The molecule has 0 unspecified atom stereocenters. The minimum Gasteiger partial charge on any atom is -0.478 e. The summed E-state index contributed by atoms with van der Waals surface area (Å²) in [7, 11) is 0. The molecule has 5 aliphatic heterocycles. The van der Waals surface area contributed by atoms with Gasteiger partial charge in [0.15, 0.2) is 0 Å². The fourth-order valence-electron chi connectivity index (χ4n) is 6.83. The van der Waals surface area contributed by atoms with E-state index in [1.807, 2.05) is 59.3 Å². The summed E-state index contributed by atoms with van der Waals surface area (Å²) < 4.78 is 4.89. The van der Waals surface area contributed by atoms with Crippen molar-refractivity contribution >= 4 is 54.7 Å². The van der Waals surface area contributed by atoms with Gasteiger partial charge >= 0.3 is 5.97 Å². The number of carboxylic acid groups (broad SMARTS) is 1. The smallest absolute Gasteiger partial charge is 0.335 e. The molecule has 11 nitrogen and oxygen atoms in total. The molecule has 0 saturated carbocycles. The lowest BCUT2D eigenvalue weighted by atomic mass is 10.1. The van der Waals surface area contributed by atoms with Gasteiger partial charge in [-0.15, -0.1) is 22.7 Å². The molecule has 4 aromatic carbocycles. The molecule has 5 heterocycles. The molecule has 1 saturated heterocycles. The van der Waals surface area contributed by atoms with Crippen LogP contribution in [0.15, 0.2) is 117 Å². The summed E-state index contributed by atoms with van der Waals surface area (Å²) in [5.41, 5.74) is 4.16. The molecule has 5 aliphatic rings. The highest BCUT2D eigenvalue weighted by Gasteiger charge is 2.21. The Labute approximate surface area is 323 Å². The average Bonchev–Trinajstić information content (AvgIpc) is 3.96. The maximum Gasteiger partial charge on any atom is 0.335 e. The number of likely N-dealkylation sites (tertiary alicyclic amines) is 1. The van der Waals surface area contributed by atoms with E-state index in [4.69, 9.17) is 5.11 Å². The van der Waals surface area contributed by atoms with Crippen LogP contribution in [-0.4, -0.2) is 67.6 Å². The third kappa shape index (κ3) is 7.41. The molecule has 276 valence electrons. The number of carbonyl (C=O) groups is 2. The number of aromatic carboxylic acids is 1. The number of benzene rings is 4. The fraction of sp³-hybridized carbons (Fsp3) is 0.190. The van der Waals surface area contributed by atoms with Crippen LogP contribution < -0.4 is 16.4 Å². The van der Waals surface area contributed by atoms with Crippen molar-refractivity contribution in [2.24, 2.45) is 0 Å². The number of nitrogens with zero attached hydrogens (tertiary/aromatic N) is 5. The van der Waals surface area contributed by atoms with Crippen LogP contribution in [0.25, 0.3) is 54.1 Å². The molecular weight excluding hydrogens is 733 g/mol. The van der Waals surface area contributed by atoms with Crippen molar-refractivity contribution in [3.8, 4) is 33.9 Å². The Balaban J connectivity index is 0.000000164. The van der Waals surface area contributed by atoms with Crippen LogP contribution in [0.4, 0.5) is 0 Å². The molecule has 1 amide bonds. The molecule has 0 aromatic heterocycles. The first-order valence-corrected chi connectivity index (χ1v) is 19.8. The van der Waals surface area contributed by atoms with Crippen molar-refractivity contribution in [2.45, 2.75) is 25.7 Å². The van der Waals surface area contributed by atoms with E-state index in [-0.39, 0.29) is 22.6 Å². The molecule has 0 aliphatic carbocycles. The topological polar surface area (TPSA) is 139 Å². The number of hydrogen-bond acceptors (Lipinski definition) is 9. The highest BCUT2D eigenvalue weighted by Crippen LogP contribution is 2.32. The number of carboxylic acids is 1. The standard InChI is InChI=1S/C25H26N4O2S.C17H10N2O3S/c30-24(26-13-3-4-14-28-15-5-6-16-28)18-9-11-19(12-10-18)29-25(31)21-17-32-22-8-2-1-7-20(22)23(21)27-29;20-16-13-9-23-14-4-2-1-3-12(14)15(13)18-19(16)11-7-5-10(6-8-11)17(21)22/h1-2,7-12,17H,3-6,13-16H2,(H,26,30);1-9H,(H,21,22). The summed E-state index contributed by atoms with van der Waals surface area (Å²) in [5, 5.41) is 26.6. The molecule has 55 heavy (non-hydrogen) atoms. The van der Waals surface area contributed by atoms with Gasteiger partial charge in [0.05, 0.1) is 28.1 Å². The van der Waals surface area contributed by atoms with Crippen LogP contribution in [0.3, 0.4) is 0 Å². The second-order valence-corrected chi connectivity index (χ2v) is 15.2. The lowest BCUT2D eigenvalue weighted by Crippen LogP contribution is -2.26. The van der Waals surface area contributed by atoms with Crippen LogP contribution >= 0.6 is 22.7 Å². The normalized spacial score (nSPS) is 13.0. The minimum atomic E-state index is -1.00. The molecule has 0 atom stereocenters. The van der Waals surface area contributed by atoms with E-state index in [0.717, 1.165) is 39.6 Å². The van der Waals surface area contributed by atoms with Gasteiger partial charge in [0.25, 0.3) is 17.0 Å². The van der Waals surface area contributed by atoms with Crippen molar-refractivity contribution in [1.82, 2.24) is 29.8 Å². The molecule has 0 bridgehead atoms. The summed E-state index contributed by atoms with van der Waals surface area (Å²) in [5.74, 6) is -1.09. The van der Waals surface area contributed by atoms with Crippen molar-refractivity contribution in [2.75, 3.05) is 26.2 Å². The Kier molecular flexibility index (Phi) is 10.3. The molecule has 2 N–H and O–H groups in total. The average molecular weight is 769 g/mol. The molecule has 0 radical (unpaired) electrons. The summed E-state index contributed by atoms with van der Waals surface area (Å²) in [6, 6.07) is 28.9. The van der Waals surface area contributed by atoms with Gasteiger partial charge in [-0.05, 0) is 106 Å². The van der Waals surface area contributed by atoms with Crippen molar-refractivity contribution < 1.29 is 14.7 Å². The van der Waals surface area contributed by atoms with Gasteiger partial charge in [0.1, 0.15) is 11.4 Å². The zero-order valence-corrected chi connectivity index (χ0v) is 31.3. The van der Waals surface area contributed by atoms with Crippen LogP contribution in [0.2, 0.25) is 0 Å². The zero-order chi connectivity index (χ0) is 37.9. The van der Waals surface area contributed by atoms with Gasteiger partial charge in [0.2, 0.25) is 0 Å². The third-order valence-electron chi connectivity index (χ3n) is 9.77. The lowest BCUT2D eigenvalue weighted by molar-refractivity contribution is 0.0696. The van der Waals surface area contributed by atoms with E-state index in [9.17, 15) is 19.2 Å². The van der Waals surface area contributed by atoms with Gasteiger partial charge in [-0.25, -0.2) is 4.79 Å². The Morgan fingerprint density at radius 2 is 1.15 bits per heavy atom. The van der Waals surface area contributed by atoms with Gasteiger partial charge in [-0.2, -0.15) is 19.6 Å². The Morgan fingerprint density at radius 3 is 1.65 bits per heavy atom. The number of amides is 1. The maximum absolute atomic E-state index is 12.9. The van der Waals surface area contributed by atoms with Gasteiger partial charge in [-0.3, -0.25) is 14.4 Å². The lowest BCUT2D eigenvalue weighted by Gasteiger charge is -2.14. The van der Waals surface area contributed by atoms with Crippen molar-refractivity contribution in [3.63, 3.8) is 0 Å². The molecule has 9 rings (SSSR count). The number of carbonyl (C=O) groups excluding carboxylic acids is 1. The predicted octanol–water partition coefficient (Wildman–Crippen LogP) is 7.41. The zero-order valence-electron chi connectivity index (χ0n) is 29.7. The number of aromatic nitrogens is 4. The quantitative estimate of drug-likeness (QED) is 0.145. The number of hydrogen-bond donors (Lipinski definition) is 2. The minimum absolute atomic E-state index is 0.0847. The van der Waals surface area contributed by atoms with Gasteiger partial charge in [-0.1, -0.05) is 36.4 Å². The van der Waals surface area contributed by atoms with Crippen LogP contribution in [0.5, 0.6) is 0 Å². The molecule has 1 fully saturated rings. The first-order valence-electron chi connectivity index (χ1n) is 18.1. The number of rotatable bonds is 9. The van der Waals surface area contributed by atoms with E-state index >= 15 is 0 Å². The Hall–Kier alpha value is -6.02. The van der Waals surface area contributed by atoms with Crippen molar-refractivity contribution in [3.05, 3.63) is 140 Å². The van der Waals surface area contributed by atoms with E-state index in [1.54, 1.807) is 47.7 Å². The van der Waals surface area contributed by atoms with Crippen LogP contribution in [0, 0.1) is 0 Å².